The van der Waals surface area contributed by atoms with Crippen LogP contribution in [0.5, 0.6) is 0 Å². The summed E-state index contributed by atoms with van der Waals surface area (Å²) in [6.45, 7) is 10.9. The number of pyridine rings is 1. The van der Waals surface area contributed by atoms with Gasteiger partial charge in [0.1, 0.15) is 10.6 Å². The van der Waals surface area contributed by atoms with Gasteiger partial charge in [0.25, 0.3) is 5.91 Å². The SMILES string of the molecule is CCOC(=O)c1ccc(N2CCN(C(=O)c3cc4sc(N(CC)CC)nc4s3)CC2)nc1. The molecule has 0 atom stereocenters. The van der Waals surface area contributed by atoms with Gasteiger partial charge in [-0.3, -0.25) is 4.79 Å². The lowest BCUT2D eigenvalue weighted by atomic mass is 10.2. The number of piperazine rings is 1. The predicted molar refractivity (Wildman–Crippen MR) is 129 cm³/mol. The number of thiazole rings is 1. The molecule has 0 saturated carbocycles. The molecule has 0 aromatic carbocycles. The van der Waals surface area contributed by atoms with E-state index in [4.69, 9.17) is 9.72 Å². The number of thiophene rings is 1. The fraction of sp³-hybridized carbons (Fsp3) is 0.455. The maximum atomic E-state index is 13.0. The molecule has 4 heterocycles. The van der Waals surface area contributed by atoms with Gasteiger partial charge in [-0.05, 0) is 39.0 Å². The van der Waals surface area contributed by atoms with Crippen molar-refractivity contribution in [3.63, 3.8) is 0 Å². The smallest absolute Gasteiger partial charge is 0.339 e. The van der Waals surface area contributed by atoms with Crippen LogP contribution in [0.2, 0.25) is 0 Å². The van der Waals surface area contributed by atoms with Crippen molar-refractivity contribution >= 4 is 55.0 Å². The van der Waals surface area contributed by atoms with E-state index in [0.717, 1.165) is 38.4 Å². The third-order valence-corrected chi connectivity index (χ3v) is 7.68. The van der Waals surface area contributed by atoms with Crippen LogP contribution in [-0.2, 0) is 4.74 Å². The van der Waals surface area contributed by atoms with Gasteiger partial charge in [-0.1, -0.05) is 11.3 Å². The van der Waals surface area contributed by atoms with E-state index in [9.17, 15) is 9.59 Å². The average molecular weight is 474 g/mol. The second-order valence-electron chi connectivity index (χ2n) is 7.35. The van der Waals surface area contributed by atoms with Crippen LogP contribution in [0.4, 0.5) is 10.9 Å². The van der Waals surface area contributed by atoms with Gasteiger partial charge in [0, 0.05) is 45.5 Å². The number of rotatable bonds is 7. The maximum Gasteiger partial charge on any atom is 0.339 e. The normalized spacial score (nSPS) is 14.1. The standard InChI is InChI=1S/C22H27N5O3S2/c1-4-25(5-2)22-24-19-16(32-22)13-17(31-19)20(28)27-11-9-26(10-12-27)18-8-7-15(14-23-18)21(29)30-6-3/h7-8,13-14H,4-6,9-12H2,1-3H3. The Balaban J connectivity index is 1.37. The van der Waals surface area contributed by atoms with Crippen molar-refractivity contribution < 1.29 is 14.3 Å². The molecule has 0 bridgehead atoms. The van der Waals surface area contributed by atoms with E-state index >= 15 is 0 Å². The van der Waals surface area contributed by atoms with E-state index < -0.39 is 0 Å². The van der Waals surface area contributed by atoms with Crippen LogP contribution in [0, 0.1) is 0 Å². The highest BCUT2D eigenvalue weighted by Crippen LogP contribution is 2.35. The number of amides is 1. The van der Waals surface area contributed by atoms with Gasteiger partial charge in [-0.2, -0.15) is 0 Å². The molecular formula is C22H27N5O3S2. The molecule has 1 aliphatic heterocycles. The molecule has 0 unspecified atom stereocenters. The van der Waals surface area contributed by atoms with Crippen molar-refractivity contribution in [2.45, 2.75) is 20.8 Å². The second kappa shape index (κ2) is 9.83. The van der Waals surface area contributed by atoms with Gasteiger partial charge < -0.3 is 19.4 Å². The molecule has 10 heteroatoms. The lowest BCUT2D eigenvalue weighted by Crippen LogP contribution is -2.48. The molecule has 4 rings (SSSR count). The Morgan fingerprint density at radius 2 is 1.84 bits per heavy atom. The highest BCUT2D eigenvalue weighted by atomic mass is 32.1. The lowest BCUT2D eigenvalue weighted by Gasteiger charge is -2.35. The Morgan fingerprint density at radius 1 is 1.09 bits per heavy atom. The van der Waals surface area contributed by atoms with Crippen molar-refractivity contribution in [3.8, 4) is 0 Å². The molecule has 0 radical (unpaired) electrons. The number of anilines is 2. The molecule has 0 N–H and O–H groups in total. The quantitative estimate of drug-likeness (QED) is 0.484. The van der Waals surface area contributed by atoms with Crippen LogP contribution in [0.25, 0.3) is 9.53 Å². The first kappa shape index (κ1) is 22.5. The van der Waals surface area contributed by atoms with E-state index in [0.29, 0.717) is 38.3 Å². The lowest BCUT2D eigenvalue weighted by molar-refractivity contribution is 0.0525. The number of carbonyl (C=O) groups excluding carboxylic acids is 2. The minimum Gasteiger partial charge on any atom is -0.462 e. The van der Waals surface area contributed by atoms with Gasteiger partial charge in [0.15, 0.2) is 5.13 Å². The molecule has 1 fully saturated rings. The second-order valence-corrected chi connectivity index (χ2v) is 9.39. The topological polar surface area (TPSA) is 78.9 Å². The average Bonchev–Trinajstić information content (AvgIpc) is 3.39. The van der Waals surface area contributed by atoms with Crippen LogP contribution in [-0.4, -0.2) is 72.6 Å². The van der Waals surface area contributed by atoms with Gasteiger partial charge in [0.2, 0.25) is 0 Å². The van der Waals surface area contributed by atoms with E-state index in [1.54, 1.807) is 30.5 Å². The highest BCUT2D eigenvalue weighted by Gasteiger charge is 2.25. The van der Waals surface area contributed by atoms with Crippen LogP contribution < -0.4 is 9.80 Å². The third kappa shape index (κ3) is 4.56. The van der Waals surface area contributed by atoms with Gasteiger partial charge in [-0.15, -0.1) is 11.3 Å². The summed E-state index contributed by atoms with van der Waals surface area (Å²) in [5.41, 5.74) is 0.444. The van der Waals surface area contributed by atoms with Crippen LogP contribution in [0.1, 0.15) is 40.8 Å². The maximum absolute atomic E-state index is 13.0. The van der Waals surface area contributed by atoms with Crippen molar-refractivity contribution in [1.82, 2.24) is 14.9 Å². The fourth-order valence-corrected chi connectivity index (χ4v) is 5.97. The molecule has 170 valence electrons. The number of carbonyl (C=O) groups is 2. The molecular weight excluding hydrogens is 446 g/mol. The van der Waals surface area contributed by atoms with Crippen LogP contribution in [0.15, 0.2) is 24.4 Å². The Kier molecular flexibility index (Phi) is 6.90. The molecule has 3 aromatic rings. The number of hydrogen-bond donors (Lipinski definition) is 0. The monoisotopic (exact) mass is 473 g/mol. The fourth-order valence-electron chi connectivity index (χ4n) is 3.66. The highest BCUT2D eigenvalue weighted by molar-refractivity contribution is 7.29. The first-order valence-electron chi connectivity index (χ1n) is 10.9. The number of aromatic nitrogens is 2. The molecule has 32 heavy (non-hydrogen) atoms. The molecule has 8 nitrogen and oxygen atoms in total. The molecule has 3 aromatic heterocycles. The Bertz CT molecular complexity index is 1050. The van der Waals surface area contributed by atoms with Crippen molar-refractivity contribution in [1.29, 1.82) is 0 Å². The zero-order chi connectivity index (χ0) is 22.7. The largest absolute Gasteiger partial charge is 0.462 e. The summed E-state index contributed by atoms with van der Waals surface area (Å²) in [7, 11) is 0. The summed E-state index contributed by atoms with van der Waals surface area (Å²) in [6, 6.07) is 5.54. The Labute approximate surface area is 195 Å². The number of nitrogens with zero attached hydrogens (tertiary/aromatic N) is 5. The van der Waals surface area contributed by atoms with E-state index in [1.165, 1.54) is 11.3 Å². The summed E-state index contributed by atoms with van der Waals surface area (Å²) in [6.07, 6.45) is 1.54. The minimum absolute atomic E-state index is 0.0647. The summed E-state index contributed by atoms with van der Waals surface area (Å²) in [4.78, 5) is 41.9. The summed E-state index contributed by atoms with van der Waals surface area (Å²) < 4.78 is 6.07. The number of ether oxygens (including phenoxy) is 1. The zero-order valence-electron chi connectivity index (χ0n) is 18.5. The first-order valence-corrected chi connectivity index (χ1v) is 12.5. The van der Waals surface area contributed by atoms with Crippen LogP contribution in [0.3, 0.4) is 0 Å². The van der Waals surface area contributed by atoms with E-state index in [1.807, 2.05) is 17.0 Å². The van der Waals surface area contributed by atoms with Gasteiger partial charge in [-0.25, -0.2) is 14.8 Å². The number of hydrogen-bond acceptors (Lipinski definition) is 9. The molecule has 0 spiro atoms. The third-order valence-electron chi connectivity index (χ3n) is 5.47. The van der Waals surface area contributed by atoms with Crippen molar-refractivity contribution in [2.75, 3.05) is 55.7 Å². The molecule has 1 aliphatic rings. The molecule has 1 saturated heterocycles. The Morgan fingerprint density at radius 3 is 2.44 bits per heavy atom. The van der Waals surface area contributed by atoms with Crippen molar-refractivity contribution in [2.24, 2.45) is 0 Å². The zero-order valence-corrected chi connectivity index (χ0v) is 20.2. The summed E-state index contributed by atoms with van der Waals surface area (Å²) in [5.74, 6) is 0.501. The van der Waals surface area contributed by atoms with E-state index in [2.05, 4.69) is 28.6 Å². The number of fused-ring (bicyclic) bond motifs is 1. The number of esters is 1. The molecule has 1 amide bonds. The van der Waals surface area contributed by atoms with E-state index in [-0.39, 0.29) is 11.9 Å². The van der Waals surface area contributed by atoms with Gasteiger partial charge in [0.05, 0.1) is 21.7 Å². The van der Waals surface area contributed by atoms with Gasteiger partial charge >= 0.3 is 5.97 Å². The summed E-state index contributed by atoms with van der Waals surface area (Å²) >= 11 is 3.12. The molecule has 0 aliphatic carbocycles. The minimum atomic E-state index is -0.364. The van der Waals surface area contributed by atoms with Crippen LogP contribution >= 0.6 is 22.7 Å². The summed E-state index contributed by atoms with van der Waals surface area (Å²) in [5, 5.41) is 1.02. The Hall–Kier alpha value is -2.72. The predicted octanol–water partition coefficient (Wildman–Crippen LogP) is 3.74. The van der Waals surface area contributed by atoms with Crippen molar-refractivity contribution in [3.05, 3.63) is 34.8 Å². The first-order chi connectivity index (χ1) is 15.5.